The first-order valence-corrected chi connectivity index (χ1v) is 9.65. The molecule has 0 bridgehead atoms. The summed E-state index contributed by atoms with van der Waals surface area (Å²) in [7, 11) is 1.92. The smallest absolute Gasteiger partial charge is 0.255 e. The average Bonchev–Trinajstić information content (AvgIpc) is 3.36. The van der Waals surface area contributed by atoms with Crippen molar-refractivity contribution in [3.05, 3.63) is 96.1 Å². The largest absolute Gasteiger partial charge is 0.486 e. The van der Waals surface area contributed by atoms with E-state index in [4.69, 9.17) is 4.74 Å². The van der Waals surface area contributed by atoms with Crippen molar-refractivity contribution in [1.29, 1.82) is 0 Å². The predicted molar refractivity (Wildman–Crippen MR) is 114 cm³/mol. The second-order valence-corrected chi connectivity index (χ2v) is 7.02. The summed E-state index contributed by atoms with van der Waals surface area (Å²) in [5.74, 6) is 2.33. The molecule has 4 aromatic rings. The number of imidazole rings is 2. The molecule has 0 aliphatic heterocycles. The first kappa shape index (κ1) is 19.4. The zero-order valence-corrected chi connectivity index (χ0v) is 16.9. The van der Waals surface area contributed by atoms with Crippen LogP contribution in [0.5, 0.6) is 5.75 Å². The van der Waals surface area contributed by atoms with Crippen LogP contribution in [0.2, 0.25) is 0 Å². The third kappa shape index (κ3) is 4.57. The van der Waals surface area contributed by atoms with E-state index < -0.39 is 0 Å². The highest BCUT2D eigenvalue weighted by Crippen LogP contribution is 2.16. The maximum Gasteiger partial charge on any atom is 0.255 e. The van der Waals surface area contributed by atoms with Gasteiger partial charge in [0.2, 0.25) is 0 Å². The first-order chi connectivity index (χ1) is 14.6. The highest BCUT2D eigenvalue weighted by molar-refractivity contribution is 6.04. The molecule has 1 amide bonds. The third-order valence-electron chi connectivity index (χ3n) is 4.89. The molecule has 30 heavy (non-hydrogen) atoms. The van der Waals surface area contributed by atoms with E-state index in [0.29, 0.717) is 17.9 Å². The molecule has 0 saturated heterocycles. The van der Waals surface area contributed by atoms with Crippen molar-refractivity contribution >= 4 is 11.6 Å². The van der Waals surface area contributed by atoms with E-state index in [1.165, 1.54) is 0 Å². The molecular weight excluding hydrogens is 378 g/mol. The molecule has 7 heteroatoms. The summed E-state index contributed by atoms with van der Waals surface area (Å²) in [6.45, 7) is 3.10. The zero-order chi connectivity index (χ0) is 20.9. The Hall–Kier alpha value is -3.87. The average molecular weight is 401 g/mol. The van der Waals surface area contributed by atoms with Crippen LogP contribution in [0, 0.1) is 6.92 Å². The molecule has 152 valence electrons. The van der Waals surface area contributed by atoms with Crippen molar-refractivity contribution in [2.75, 3.05) is 5.32 Å². The summed E-state index contributed by atoms with van der Waals surface area (Å²) in [5, 5.41) is 2.92. The maximum atomic E-state index is 12.5. The number of ether oxygens (including phenoxy) is 1. The number of aromatic nitrogens is 4. The number of nitrogens with one attached hydrogen (secondary N) is 1. The van der Waals surface area contributed by atoms with Gasteiger partial charge >= 0.3 is 0 Å². The standard InChI is InChI=1S/C23H23N5O2/c1-17-24-12-14-28(17)15-18-3-7-20(8-4-18)26-23(29)19-5-9-21(10-6-19)30-16-22-25-11-13-27(22)2/h3-14H,15-16H2,1-2H3,(H,26,29). The molecule has 2 aromatic heterocycles. The molecule has 2 heterocycles. The van der Waals surface area contributed by atoms with Crippen molar-refractivity contribution in [1.82, 2.24) is 19.1 Å². The molecule has 0 radical (unpaired) electrons. The van der Waals surface area contributed by atoms with Crippen LogP contribution in [0.4, 0.5) is 5.69 Å². The molecule has 0 aliphatic rings. The Bertz CT molecular complexity index is 1130. The number of carbonyl (C=O) groups excluding carboxylic acids is 1. The highest BCUT2D eigenvalue weighted by Gasteiger charge is 2.08. The summed E-state index contributed by atoms with van der Waals surface area (Å²) >= 11 is 0. The lowest BCUT2D eigenvalue weighted by Gasteiger charge is -2.09. The van der Waals surface area contributed by atoms with E-state index in [1.54, 1.807) is 36.7 Å². The lowest BCUT2D eigenvalue weighted by Crippen LogP contribution is -2.12. The minimum absolute atomic E-state index is 0.163. The van der Waals surface area contributed by atoms with Crippen molar-refractivity contribution in [2.45, 2.75) is 20.1 Å². The number of anilines is 1. The number of benzene rings is 2. The fraction of sp³-hybridized carbons (Fsp3) is 0.174. The Morgan fingerprint density at radius 3 is 2.37 bits per heavy atom. The van der Waals surface area contributed by atoms with Gasteiger partial charge in [0.15, 0.2) is 0 Å². The van der Waals surface area contributed by atoms with Gasteiger partial charge in [-0.05, 0) is 48.9 Å². The Labute approximate surface area is 175 Å². The van der Waals surface area contributed by atoms with E-state index in [2.05, 4.69) is 19.9 Å². The van der Waals surface area contributed by atoms with Crippen molar-refractivity contribution in [3.8, 4) is 5.75 Å². The summed E-state index contributed by atoms with van der Waals surface area (Å²) in [5.41, 5.74) is 2.46. The summed E-state index contributed by atoms with van der Waals surface area (Å²) in [6.07, 6.45) is 7.35. The fourth-order valence-corrected chi connectivity index (χ4v) is 3.05. The number of rotatable bonds is 7. The second kappa shape index (κ2) is 8.65. The van der Waals surface area contributed by atoms with E-state index in [9.17, 15) is 4.79 Å². The van der Waals surface area contributed by atoms with Crippen LogP contribution in [0.15, 0.2) is 73.3 Å². The molecular formula is C23H23N5O2. The normalized spacial score (nSPS) is 10.7. The van der Waals surface area contributed by atoms with Gasteiger partial charge in [0.25, 0.3) is 5.91 Å². The van der Waals surface area contributed by atoms with Gasteiger partial charge in [0.1, 0.15) is 24.0 Å². The third-order valence-corrected chi connectivity index (χ3v) is 4.89. The molecule has 7 nitrogen and oxygen atoms in total. The van der Waals surface area contributed by atoms with Gasteiger partial charge in [-0.25, -0.2) is 9.97 Å². The lowest BCUT2D eigenvalue weighted by atomic mass is 10.1. The zero-order valence-electron chi connectivity index (χ0n) is 16.9. The monoisotopic (exact) mass is 401 g/mol. The van der Waals surface area contributed by atoms with Crippen LogP contribution in [-0.2, 0) is 20.2 Å². The fourth-order valence-electron chi connectivity index (χ4n) is 3.05. The van der Waals surface area contributed by atoms with Crippen LogP contribution < -0.4 is 10.1 Å². The van der Waals surface area contributed by atoms with E-state index in [0.717, 1.165) is 29.4 Å². The predicted octanol–water partition coefficient (Wildman–Crippen LogP) is 3.80. The number of hydrogen-bond donors (Lipinski definition) is 1. The number of hydrogen-bond acceptors (Lipinski definition) is 4. The van der Waals surface area contributed by atoms with Crippen LogP contribution >= 0.6 is 0 Å². The van der Waals surface area contributed by atoms with Gasteiger partial charge in [-0.2, -0.15) is 0 Å². The van der Waals surface area contributed by atoms with Crippen LogP contribution in [0.25, 0.3) is 0 Å². The second-order valence-electron chi connectivity index (χ2n) is 7.02. The molecule has 0 spiro atoms. The van der Waals surface area contributed by atoms with Crippen LogP contribution in [-0.4, -0.2) is 25.0 Å². The van der Waals surface area contributed by atoms with Crippen molar-refractivity contribution in [3.63, 3.8) is 0 Å². The van der Waals surface area contributed by atoms with E-state index in [-0.39, 0.29) is 5.91 Å². The summed E-state index contributed by atoms with van der Waals surface area (Å²) < 4.78 is 9.71. The molecule has 0 atom stereocenters. The molecule has 1 N–H and O–H groups in total. The van der Waals surface area contributed by atoms with Gasteiger partial charge < -0.3 is 19.2 Å². The molecule has 2 aromatic carbocycles. The molecule has 0 aliphatic carbocycles. The number of carbonyl (C=O) groups is 1. The number of aryl methyl sites for hydroxylation is 2. The Balaban J connectivity index is 1.33. The Kier molecular flexibility index (Phi) is 5.61. The topological polar surface area (TPSA) is 74.0 Å². The van der Waals surface area contributed by atoms with Crippen molar-refractivity contribution < 1.29 is 9.53 Å². The van der Waals surface area contributed by atoms with E-state index in [1.807, 2.05) is 55.2 Å². The first-order valence-electron chi connectivity index (χ1n) is 9.65. The van der Waals surface area contributed by atoms with Gasteiger partial charge in [-0.15, -0.1) is 0 Å². The van der Waals surface area contributed by atoms with Crippen LogP contribution in [0.1, 0.15) is 27.6 Å². The highest BCUT2D eigenvalue weighted by atomic mass is 16.5. The Morgan fingerprint density at radius 1 is 1.00 bits per heavy atom. The minimum Gasteiger partial charge on any atom is -0.486 e. The molecule has 0 fully saturated rings. The molecule has 4 rings (SSSR count). The lowest BCUT2D eigenvalue weighted by molar-refractivity contribution is 0.102. The number of amides is 1. The quantitative estimate of drug-likeness (QED) is 0.511. The van der Waals surface area contributed by atoms with Crippen molar-refractivity contribution in [2.24, 2.45) is 7.05 Å². The number of nitrogens with zero attached hydrogens (tertiary/aromatic N) is 4. The summed E-state index contributed by atoms with van der Waals surface area (Å²) in [4.78, 5) is 21.0. The van der Waals surface area contributed by atoms with Gasteiger partial charge in [0.05, 0.1) is 0 Å². The van der Waals surface area contributed by atoms with Gasteiger partial charge in [0, 0.05) is 49.6 Å². The Morgan fingerprint density at radius 2 is 1.73 bits per heavy atom. The van der Waals surface area contributed by atoms with Crippen LogP contribution in [0.3, 0.4) is 0 Å². The van der Waals surface area contributed by atoms with Gasteiger partial charge in [-0.3, -0.25) is 4.79 Å². The molecule has 0 unspecified atom stereocenters. The minimum atomic E-state index is -0.163. The SMILES string of the molecule is Cc1nccn1Cc1ccc(NC(=O)c2ccc(OCc3nccn3C)cc2)cc1. The maximum absolute atomic E-state index is 12.5. The van der Waals surface area contributed by atoms with E-state index >= 15 is 0 Å². The summed E-state index contributed by atoms with van der Waals surface area (Å²) in [6, 6.07) is 14.9. The van der Waals surface area contributed by atoms with Gasteiger partial charge in [-0.1, -0.05) is 12.1 Å². The molecule has 0 saturated carbocycles.